The zero-order valence-corrected chi connectivity index (χ0v) is 12.5. The minimum Gasteiger partial charge on any atom is -0.398 e. The van der Waals surface area contributed by atoms with Crippen molar-refractivity contribution in [2.24, 2.45) is 0 Å². The minimum absolute atomic E-state index is 0.191. The van der Waals surface area contributed by atoms with Crippen LogP contribution in [0, 0.1) is 0 Å². The first-order valence-corrected chi connectivity index (χ1v) is 7.06. The number of pyridine rings is 1. The fraction of sp³-hybridized carbons (Fsp3) is 0.0714. The molecule has 0 radical (unpaired) electrons. The van der Waals surface area contributed by atoms with Gasteiger partial charge < -0.3 is 11.1 Å². The summed E-state index contributed by atoms with van der Waals surface area (Å²) in [5, 5.41) is 10.9. The van der Waals surface area contributed by atoms with E-state index in [1.165, 1.54) is 0 Å². The van der Waals surface area contributed by atoms with E-state index in [2.05, 4.69) is 31.4 Å². The molecule has 0 aliphatic carbocycles. The fourth-order valence-corrected chi connectivity index (χ4v) is 2.32. The van der Waals surface area contributed by atoms with Crippen LogP contribution in [0.15, 0.2) is 47.1 Å². The van der Waals surface area contributed by atoms with Crippen LogP contribution in [0.25, 0.3) is 5.65 Å². The van der Waals surface area contributed by atoms with E-state index in [1.807, 2.05) is 28.8 Å². The van der Waals surface area contributed by atoms with Crippen LogP contribution in [0.1, 0.15) is 16.2 Å². The molecule has 21 heavy (non-hydrogen) atoms. The van der Waals surface area contributed by atoms with Crippen LogP contribution in [-0.2, 0) is 6.54 Å². The first-order chi connectivity index (χ1) is 10.1. The fourth-order valence-electron chi connectivity index (χ4n) is 1.94. The molecule has 0 spiro atoms. The Morgan fingerprint density at radius 3 is 2.95 bits per heavy atom. The monoisotopic (exact) mass is 345 g/mol. The van der Waals surface area contributed by atoms with Crippen LogP contribution < -0.4 is 11.1 Å². The summed E-state index contributed by atoms with van der Waals surface area (Å²) in [5.41, 5.74) is 7.57. The van der Waals surface area contributed by atoms with Gasteiger partial charge in [0, 0.05) is 21.9 Å². The number of anilines is 1. The summed E-state index contributed by atoms with van der Waals surface area (Å²) >= 11 is 3.31. The van der Waals surface area contributed by atoms with Gasteiger partial charge in [0.2, 0.25) is 0 Å². The Bertz CT molecular complexity index is 814. The second-order valence-electron chi connectivity index (χ2n) is 4.46. The number of carbonyl (C=O) groups is 1. The number of fused-ring (bicyclic) bond motifs is 1. The average Bonchev–Trinajstić information content (AvgIpc) is 2.91. The maximum absolute atomic E-state index is 12.1. The van der Waals surface area contributed by atoms with Gasteiger partial charge in [-0.1, -0.05) is 6.07 Å². The van der Waals surface area contributed by atoms with Crippen LogP contribution in [-0.4, -0.2) is 20.5 Å². The predicted molar refractivity (Wildman–Crippen MR) is 82.7 cm³/mol. The Labute approximate surface area is 129 Å². The zero-order valence-electron chi connectivity index (χ0n) is 11.0. The third-order valence-electron chi connectivity index (χ3n) is 3.05. The number of nitrogens with two attached hydrogens (primary N) is 1. The molecule has 2 heterocycles. The van der Waals surface area contributed by atoms with E-state index < -0.39 is 0 Å². The van der Waals surface area contributed by atoms with E-state index in [-0.39, 0.29) is 5.91 Å². The molecular formula is C14H12BrN5O. The number of carbonyl (C=O) groups excluding carboxylic acids is 1. The lowest BCUT2D eigenvalue weighted by molar-refractivity contribution is 0.0949. The standard InChI is InChI=1S/C14H12BrN5O/c15-10-7-9(4-5-11(10)16)14(21)17-8-13-19-18-12-3-1-2-6-20(12)13/h1-7H,8,16H2,(H,17,21). The van der Waals surface area contributed by atoms with Gasteiger partial charge >= 0.3 is 0 Å². The normalized spacial score (nSPS) is 10.7. The van der Waals surface area contributed by atoms with E-state index in [4.69, 9.17) is 5.73 Å². The first kappa shape index (κ1) is 13.6. The second kappa shape index (κ2) is 5.53. The molecular weight excluding hydrogens is 334 g/mol. The summed E-state index contributed by atoms with van der Waals surface area (Å²) in [6, 6.07) is 10.7. The predicted octanol–water partition coefficient (Wildman–Crippen LogP) is 2.00. The number of hydrogen-bond donors (Lipinski definition) is 2. The molecule has 0 fully saturated rings. The molecule has 1 aromatic carbocycles. The Morgan fingerprint density at radius 1 is 1.29 bits per heavy atom. The van der Waals surface area contributed by atoms with Crippen molar-refractivity contribution in [3.63, 3.8) is 0 Å². The molecule has 3 rings (SSSR count). The van der Waals surface area contributed by atoms with E-state index in [0.29, 0.717) is 28.1 Å². The maximum Gasteiger partial charge on any atom is 0.251 e. The molecule has 3 aromatic rings. The van der Waals surface area contributed by atoms with Crippen molar-refractivity contribution in [3.05, 3.63) is 58.5 Å². The molecule has 2 aromatic heterocycles. The number of aromatic nitrogens is 3. The van der Waals surface area contributed by atoms with Gasteiger partial charge in [-0.15, -0.1) is 10.2 Å². The molecule has 0 unspecified atom stereocenters. The van der Waals surface area contributed by atoms with Gasteiger partial charge in [0.25, 0.3) is 5.91 Å². The number of benzene rings is 1. The second-order valence-corrected chi connectivity index (χ2v) is 5.32. The highest BCUT2D eigenvalue weighted by Gasteiger charge is 2.10. The number of halogens is 1. The third-order valence-corrected chi connectivity index (χ3v) is 3.74. The van der Waals surface area contributed by atoms with Crippen molar-refractivity contribution in [2.45, 2.75) is 6.54 Å². The average molecular weight is 346 g/mol. The molecule has 0 aliphatic rings. The summed E-state index contributed by atoms with van der Waals surface area (Å²) in [5.74, 6) is 0.483. The van der Waals surface area contributed by atoms with E-state index in [0.717, 1.165) is 5.65 Å². The molecule has 3 N–H and O–H groups in total. The summed E-state index contributed by atoms with van der Waals surface area (Å²) in [6.45, 7) is 0.298. The SMILES string of the molecule is Nc1ccc(C(=O)NCc2nnc3ccccn23)cc1Br. The van der Waals surface area contributed by atoms with Gasteiger partial charge in [0.1, 0.15) is 0 Å². The summed E-state index contributed by atoms with van der Waals surface area (Å²) < 4.78 is 2.53. The van der Waals surface area contributed by atoms with E-state index in [9.17, 15) is 4.79 Å². The molecule has 0 aliphatic heterocycles. The zero-order chi connectivity index (χ0) is 14.8. The van der Waals surface area contributed by atoms with Crippen molar-refractivity contribution in [1.29, 1.82) is 0 Å². The topological polar surface area (TPSA) is 85.3 Å². The molecule has 6 nitrogen and oxygen atoms in total. The van der Waals surface area contributed by atoms with Gasteiger partial charge in [-0.25, -0.2) is 0 Å². The van der Waals surface area contributed by atoms with Gasteiger partial charge in [-0.2, -0.15) is 0 Å². The Kier molecular flexibility index (Phi) is 3.57. The van der Waals surface area contributed by atoms with Crippen molar-refractivity contribution in [1.82, 2.24) is 19.9 Å². The lowest BCUT2D eigenvalue weighted by atomic mass is 10.2. The van der Waals surface area contributed by atoms with Crippen molar-refractivity contribution in [2.75, 3.05) is 5.73 Å². The quantitative estimate of drug-likeness (QED) is 0.711. The van der Waals surface area contributed by atoms with E-state index >= 15 is 0 Å². The molecule has 0 bridgehead atoms. The minimum atomic E-state index is -0.191. The largest absolute Gasteiger partial charge is 0.398 e. The van der Waals surface area contributed by atoms with Crippen LogP contribution in [0.4, 0.5) is 5.69 Å². The van der Waals surface area contributed by atoms with Gasteiger partial charge in [-0.05, 0) is 46.3 Å². The lowest BCUT2D eigenvalue weighted by Crippen LogP contribution is -2.24. The number of amides is 1. The molecule has 0 saturated heterocycles. The molecule has 7 heteroatoms. The third kappa shape index (κ3) is 2.73. The smallest absolute Gasteiger partial charge is 0.251 e. The number of rotatable bonds is 3. The highest BCUT2D eigenvalue weighted by atomic mass is 79.9. The summed E-state index contributed by atoms with van der Waals surface area (Å²) in [6.07, 6.45) is 1.86. The number of nitrogen functional groups attached to an aromatic ring is 1. The Hall–Kier alpha value is -2.41. The van der Waals surface area contributed by atoms with Crippen molar-refractivity contribution in [3.8, 4) is 0 Å². The van der Waals surface area contributed by atoms with Gasteiger partial charge in [0.15, 0.2) is 11.5 Å². The van der Waals surface area contributed by atoms with Gasteiger partial charge in [0.05, 0.1) is 6.54 Å². The Balaban J connectivity index is 1.75. The van der Waals surface area contributed by atoms with E-state index in [1.54, 1.807) is 18.2 Å². The molecule has 0 atom stereocenters. The number of hydrogen-bond acceptors (Lipinski definition) is 4. The maximum atomic E-state index is 12.1. The molecule has 1 amide bonds. The number of nitrogens with zero attached hydrogens (tertiary/aromatic N) is 3. The highest BCUT2D eigenvalue weighted by Crippen LogP contribution is 2.20. The molecule has 106 valence electrons. The van der Waals surface area contributed by atoms with Crippen LogP contribution in [0.2, 0.25) is 0 Å². The summed E-state index contributed by atoms with van der Waals surface area (Å²) in [4.78, 5) is 12.1. The Morgan fingerprint density at radius 2 is 2.14 bits per heavy atom. The first-order valence-electron chi connectivity index (χ1n) is 6.27. The van der Waals surface area contributed by atoms with Crippen LogP contribution >= 0.6 is 15.9 Å². The van der Waals surface area contributed by atoms with Gasteiger partial charge in [-0.3, -0.25) is 9.20 Å². The van der Waals surface area contributed by atoms with Crippen molar-refractivity contribution < 1.29 is 4.79 Å². The highest BCUT2D eigenvalue weighted by molar-refractivity contribution is 9.10. The lowest BCUT2D eigenvalue weighted by Gasteiger charge is -2.06. The van der Waals surface area contributed by atoms with Crippen LogP contribution in [0.3, 0.4) is 0 Å². The molecule has 0 saturated carbocycles. The van der Waals surface area contributed by atoms with Crippen LogP contribution in [0.5, 0.6) is 0 Å². The summed E-state index contributed by atoms with van der Waals surface area (Å²) in [7, 11) is 0. The van der Waals surface area contributed by atoms with Crippen molar-refractivity contribution >= 4 is 33.2 Å². The number of nitrogens with one attached hydrogen (secondary N) is 1.